The molecule has 0 spiro atoms. The van der Waals surface area contributed by atoms with Crippen LogP contribution in [0.4, 0.5) is 4.79 Å². The van der Waals surface area contributed by atoms with E-state index >= 15 is 0 Å². The molecule has 0 bridgehead atoms. The fourth-order valence-electron chi connectivity index (χ4n) is 1.83. The summed E-state index contributed by atoms with van der Waals surface area (Å²) in [5.74, 6) is 0. The fraction of sp³-hybridized carbons (Fsp3) is 0.389. The van der Waals surface area contributed by atoms with Gasteiger partial charge in [-0.1, -0.05) is 48.6 Å². The lowest BCUT2D eigenvalue weighted by atomic mass is 10.1. The molecule has 1 atom stereocenters. The van der Waals surface area contributed by atoms with E-state index in [1.165, 1.54) is 5.56 Å². The number of hydrogen-bond donors (Lipinski definition) is 1. The topological polar surface area (TPSA) is 38.3 Å². The molecule has 1 rings (SSSR count). The molecule has 0 aliphatic carbocycles. The number of hydrogen-bond acceptors (Lipinski definition) is 2. The zero-order chi connectivity index (χ0) is 15.7. The van der Waals surface area contributed by atoms with Crippen LogP contribution in [0, 0.1) is 0 Å². The van der Waals surface area contributed by atoms with E-state index in [1.54, 1.807) is 0 Å². The van der Waals surface area contributed by atoms with Crippen molar-refractivity contribution in [3.05, 3.63) is 60.7 Å². The smallest absolute Gasteiger partial charge is 0.408 e. The molecular weight excluding hydrogens is 262 g/mol. The number of allylic oxidation sites excluding steroid dienone is 2. The molecule has 1 amide bonds. The average Bonchev–Trinajstić information content (AvgIpc) is 2.37. The third-order valence-electron chi connectivity index (χ3n) is 2.67. The van der Waals surface area contributed by atoms with Gasteiger partial charge in [0, 0.05) is 0 Å². The second-order valence-electron chi connectivity index (χ2n) is 5.89. The summed E-state index contributed by atoms with van der Waals surface area (Å²) in [5.41, 5.74) is 0.675. The SMILES string of the molecule is C=CC/C=C/[C@H](Cc1ccccc1)NC(=O)OC(C)(C)C. The Kier molecular flexibility index (Phi) is 6.73. The monoisotopic (exact) mass is 287 g/mol. The zero-order valence-corrected chi connectivity index (χ0v) is 13.1. The first-order chi connectivity index (χ1) is 9.90. The van der Waals surface area contributed by atoms with E-state index in [0.29, 0.717) is 0 Å². The lowest BCUT2D eigenvalue weighted by Crippen LogP contribution is -2.39. The van der Waals surface area contributed by atoms with E-state index in [1.807, 2.05) is 69.3 Å². The van der Waals surface area contributed by atoms with E-state index in [0.717, 1.165) is 12.8 Å². The number of amides is 1. The molecule has 0 aliphatic rings. The third kappa shape index (κ3) is 7.98. The van der Waals surface area contributed by atoms with Gasteiger partial charge in [0.2, 0.25) is 0 Å². The first-order valence-electron chi connectivity index (χ1n) is 7.21. The highest BCUT2D eigenvalue weighted by atomic mass is 16.6. The molecule has 0 unspecified atom stereocenters. The minimum absolute atomic E-state index is 0.0952. The fourth-order valence-corrected chi connectivity index (χ4v) is 1.83. The van der Waals surface area contributed by atoms with Crippen LogP contribution in [0.15, 0.2) is 55.1 Å². The van der Waals surface area contributed by atoms with Crippen molar-refractivity contribution < 1.29 is 9.53 Å². The molecule has 0 aromatic heterocycles. The minimum Gasteiger partial charge on any atom is -0.444 e. The van der Waals surface area contributed by atoms with E-state index in [4.69, 9.17) is 4.74 Å². The average molecular weight is 287 g/mol. The van der Waals surface area contributed by atoms with Crippen molar-refractivity contribution in [1.82, 2.24) is 5.32 Å². The Labute approximate surface area is 127 Å². The van der Waals surface area contributed by atoms with E-state index in [2.05, 4.69) is 11.9 Å². The first-order valence-corrected chi connectivity index (χ1v) is 7.21. The van der Waals surface area contributed by atoms with Gasteiger partial charge in [0.25, 0.3) is 0 Å². The maximum atomic E-state index is 11.9. The van der Waals surface area contributed by atoms with Crippen LogP contribution in [-0.4, -0.2) is 17.7 Å². The largest absolute Gasteiger partial charge is 0.444 e. The van der Waals surface area contributed by atoms with Gasteiger partial charge in [-0.25, -0.2) is 4.79 Å². The summed E-state index contributed by atoms with van der Waals surface area (Å²) in [7, 11) is 0. The molecule has 3 nitrogen and oxygen atoms in total. The van der Waals surface area contributed by atoms with Gasteiger partial charge in [-0.2, -0.15) is 0 Å². The van der Waals surface area contributed by atoms with Crippen LogP contribution in [0.2, 0.25) is 0 Å². The Hall–Kier alpha value is -2.03. The van der Waals surface area contributed by atoms with Gasteiger partial charge in [-0.05, 0) is 39.2 Å². The van der Waals surface area contributed by atoms with Crippen LogP contribution in [0.1, 0.15) is 32.8 Å². The molecule has 0 heterocycles. The number of ether oxygens (including phenoxy) is 1. The normalized spacial score (nSPS) is 12.9. The second-order valence-corrected chi connectivity index (χ2v) is 5.89. The van der Waals surface area contributed by atoms with Crippen molar-refractivity contribution in [1.29, 1.82) is 0 Å². The van der Waals surface area contributed by atoms with Gasteiger partial charge in [-0.3, -0.25) is 0 Å². The van der Waals surface area contributed by atoms with E-state index < -0.39 is 11.7 Å². The van der Waals surface area contributed by atoms with Crippen molar-refractivity contribution >= 4 is 6.09 Å². The van der Waals surface area contributed by atoms with Crippen LogP contribution in [-0.2, 0) is 11.2 Å². The Morgan fingerprint density at radius 3 is 2.57 bits per heavy atom. The molecule has 1 N–H and O–H groups in total. The van der Waals surface area contributed by atoms with Crippen LogP contribution in [0.3, 0.4) is 0 Å². The summed E-state index contributed by atoms with van der Waals surface area (Å²) in [5, 5.41) is 2.90. The summed E-state index contributed by atoms with van der Waals surface area (Å²) in [6.45, 7) is 9.25. The molecule has 0 fully saturated rings. The number of carbonyl (C=O) groups is 1. The maximum absolute atomic E-state index is 11.9. The molecule has 1 aromatic carbocycles. The van der Waals surface area contributed by atoms with Crippen molar-refractivity contribution in [2.24, 2.45) is 0 Å². The molecule has 3 heteroatoms. The molecule has 1 aromatic rings. The van der Waals surface area contributed by atoms with Gasteiger partial charge < -0.3 is 10.1 Å². The molecule has 0 radical (unpaired) electrons. The third-order valence-corrected chi connectivity index (χ3v) is 2.67. The second kappa shape index (κ2) is 8.30. The lowest BCUT2D eigenvalue weighted by Gasteiger charge is -2.22. The number of rotatable bonds is 6. The summed E-state index contributed by atoms with van der Waals surface area (Å²) >= 11 is 0. The van der Waals surface area contributed by atoms with Crippen molar-refractivity contribution in [3.8, 4) is 0 Å². The van der Waals surface area contributed by atoms with Crippen LogP contribution >= 0.6 is 0 Å². The molecule has 0 saturated heterocycles. The lowest BCUT2D eigenvalue weighted by molar-refractivity contribution is 0.0514. The molecule has 0 aliphatic heterocycles. The summed E-state index contributed by atoms with van der Waals surface area (Å²) in [6.07, 6.45) is 6.92. The Bertz CT molecular complexity index is 472. The highest BCUT2D eigenvalue weighted by Crippen LogP contribution is 2.09. The van der Waals surface area contributed by atoms with Crippen molar-refractivity contribution in [2.45, 2.75) is 45.3 Å². The number of carbonyl (C=O) groups excluding carboxylic acids is 1. The minimum atomic E-state index is -0.494. The standard InChI is InChI=1S/C18H25NO2/c1-5-6-8-13-16(14-15-11-9-7-10-12-15)19-17(20)21-18(2,3)4/h5,7-13,16H,1,6,14H2,2-4H3,(H,19,20)/b13-8+/t16-/m1/s1. The first kappa shape index (κ1) is 17.0. The Morgan fingerprint density at radius 1 is 1.33 bits per heavy atom. The summed E-state index contributed by atoms with van der Waals surface area (Å²) in [4.78, 5) is 11.9. The zero-order valence-electron chi connectivity index (χ0n) is 13.1. The van der Waals surface area contributed by atoms with Crippen molar-refractivity contribution in [3.63, 3.8) is 0 Å². The van der Waals surface area contributed by atoms with E-state index in [9.17, 15) is 4.79 Å². The van der Waals surface area contributed by atoms with Gasteiger partial charge in [0.05, 0.1) is 6.04 Å². The van der Waals surface area contributed by atoms with E-state index in [-0.39, 0.29) is 6.04 Å². The van der Waals surface area contributed by atoms with Gasteiger partial charge in [0.15, 0.2) is 0 Å². The maximum Gasteiger partial charge on any atom is 0.408 e. The van der Waals surface area contributed by atoms with Crippen LogP contribution in [0.25, 0.3) is 0 Å². The van der Waals surface area contributed by atoms with Crippen LogP contribution < -0.4 is 5.32 Å². The quantitative estimate of drug-likeness (QED) is 0.794. The highest BCUT2D eigenvalue weighted by Gasteiger charge is 2.18. The molecule has 21 heavy (non-hydrogen) atoms. The molecule has 0 saturated carbocycles. The van der Waals surface area contributed by atoms with Crippen molar-refractivity contribution in [2.75, 3.05) is 0 Å². The van der Waals surface area contributed by atoms with Gasteiger partial charge in [0.1, 0.15) is 5.60 Å². The molecular formula is C18H25NO2. The van der Waals surface area contributed by atoms with Crippen LogP contribution in [0.5, 0.6) is 0 Å². The Morgan fingerprint density at radius 2 is 2.00 bits per heavy atom. The summed E-state index contributed by atoms with van der Waals surface area (Å²) in [6, 6.07) is 9.96. The summed E-state index contributed by atoms with van der Waals surface area (Å²) < 4.78 is 5.31. The number of nitrogens with one attached hydrogen (secondary N) is 1. The predicted octanol–water partition coefficient (Wildman–Crippen LogP) is 4.25. The predicted molar refractivity (Wildman–Crippen MR) is 87.3 cm³/mol. The molecule has 114 valence electrons. The highest BCUT2D eigenvalue weighted by molar-refractivity contribution is 5.68. The van der Waals surface area contributed by atoms with Gasteiger partial charge >= 0.3 is 6.09 Å². The Balaban J connectivity index is 2.68. The van der Waals surface area contributed by atoms with Gasteiger partial charge in [-0.15, -0.1) is 6.58 Å². The number of benzene rings is 1. The number of alkyl carbamates (subject to hydrolysis) is 1.